The van der Waals surface area contributed by atoms with E-state index in [1.54, 1.807) is 27.7 Å². The molecule has 16 nitrogen and oxygen atoms in total. The first kappa shape index (κ1) is 50.5. The first-order valence-corrected chi connectivity index (χ1v) is 19.4. The van der Waals surface area contributed by atoms with Crippen LogP contribution in [-0.4, -0.2) is 108 Å². The number of aromatic amines is 1. The van der Waals surface area contributed by atoms with Crippen LogP contribution in [0.3, 0.4) is 0 Å². The molecule has 6 atom stereocenters. The summed E-state index contributed by atoms with van der Waals surface area (Å²) in [6.07, 6.45) is 1.88. The number of aliphatic carboxylic acids is 1. The lowest BCUT2D eigenvalue weighted by atomic mass is 9.68. The first-order chi connectivity index (χ1) is 25.4. The van der Waals surface area contributed by atoms with Crippen LogP contribution in [0.15, 0.2) is 12.5 Å². The van der Waals surface area contributed by atoms with Crippen LogP contribution in [0.25, 0.3) is 0 Å². The summed E-state index contributed by atoms with van der Waals surface area (Å²) in [5.41, 5.74) is 3.45. The number of alkyl halides is 1. The molecule has 1 aromatic heterocycles. The van der Waals surface area contributed by atoms with Gasteiger partial charge in [-0.3, -0.25) is 38.9 Å². The molecule has 56 heavy (non-hydrogen) atoms. The molecule has 0 fully saturated rings. The topological polar surface area (TPSA) is 269 Å². The molecule has 0 aliphatic rings. The number of carboxylic acids is 1. The van der Waals surface area contributed by atoms with Gasteiger partial charge in [-0.25, -0.2) is 9.37 Å². The monoisotopic (exact) mass is 812 g/mol. The van der Waals surface area contributed by atoms with Gasteiger partial charge < -0.3 is 37.5 Å². The van der Waals surface area contributed by atoms with E-state index in [9.17, 15) is 38.7 Å². The van der Waals surface area contributed by atoms with E-state index in [4.69, 9.17) is 11.5 Å². The second kappa shape index (κ2) is 20.3. The number of primary amides is 1. The van der Waals surface area contributed by atoms with E-state index in [0.717, 1.165) is 6.92 Å². The fourth-order valence-electron chi connectivity index (χ4n) is 6.18. The maximum atomic E-state index is 17.4. The van der Waals surface area contributed by atoms with Gasteiger partial charge in [-0.05, 0) is 67.7 Å². The van der Waals surface area contributed by atoms with Crippen molar-refractivity contribution in [1.29, 1.82) is 0 Å². The molecule has 10 N–H and O–H groups in total. The highest BCUT2D eigenvalue weighted by molar-refractivity contribution is 7.40. The van der Waals surface area contributed by atoms with Crippen LogP contribution in [0.4, 0.5) is 4.39 Å². The zero-order valence-electron chi connectivity index (χ0n) is 34.9. The number of halogens is 1. The van der Waals surface area contributed by atoms with Gasteiger partial charge >= 0.3 is 5.97 Å². The van der Waals surface area contributed by atoms with Crippen molar-refractivity contribution in [3.63, 3.8) is 0 Å². The molecule has 0 aliphatic carbocycles. The third kappa shape index (κ3) is 14.5. The SMILES string of the molecule is CC(C)NC(CCC(=O)O)C(=O)C(C)(C)C(C)(C)NC(CCC(=O)NC(Cc1cnc[nH]1)C(N)=O)C(=O)C(C)(F)C(C)(C)NC(CCC(=O)P)C(=O)C(C)(C)N. The Balaban J connectivity index is 3.64. The zero-order valence-corrected chi connectivity index (χ0v) is 36.0. The van der Waals surface area contributed by atoms with Crippen LogP contribution in [0.2, 0.25) is 0 Å². The van der Waals surface area contributed by atoms with Crippen molar-refractivity contribution < 1.29 is 43.1 Å². The van der Waals surface area contributed by atoms with Gasteiger partial charge in [0, 0.05) is 54.6 Å². The number of H-pyrrole nitrogens is 1. The largest absolute Gasteiger partial charge is 0.481 e. The Labute approximate surface area is 332 Å². The number of Topliss-reactive ketones (excluding diaryl/α,β-unsaturated/α-hetero) is 3. The molecule has 0 bridgehead atoms. The quantitative estimate of drug-likeness (QED) is 0.0590. The summed E-state index contributed by atoms with van der Waals surface area (Å²) in [7, 11) is 2.03. The Morgan fingerprint density at radius 2 is 1.32 bits per heavy atom. The average Bonchev–Trinajstić information content (AvgIpc) is 3.57. The minimum absolute atomic E-state index is 0.00180. The minimum Gasteiger partial charge on any atom is -0.481 e. The number of imidazole rings is 1. The van der Waals surface area contributed by atoms with E-state index in [1.807, 2.05) is 23.1 Å². The fourth-order valence-corrected chi connectivity index (χ4v) is 6.35. The summed E-state index contributed by atoms with van der Waals surface area (Å²) in [6.45, 7) is 17.0. The van der Waals surface area contributed by atoms with Gasteiger partial charge in [0.15, 0.2) is 23.0 Å². The van der Waals surface area contributed by atoms with Crippen LogP contribution in [-0.2, 0) is 40.0 Å². The molecule has 1 aromatic rings. The van der Waals surface area contributed by atoms with E-state index < -0.39 is 81.2 Å². The van der Waals surface area contributed by atoms with E-state index in [1.165, 1.54) is 40.2 Å². The van der Waals surface area contributed by atoms with Gasteiger partial charge in [0.2, 0.25) is 11.8 Å². The number of hydrogen-bond acceptors (Lipinski definition) is 12. The van der Waals surface area contributed by atoms with Crippen LogP contribution in [0, 0.1) is 5.41 Å². The summed E-state index contributed by atoms with van der Waals surface area (Å²) in [5.74, 6) is -4.41. The Kier molecular flexibility index (Phi) is 18.3. The van der Waals surface area contributed by atoms with Gasteiger partial charge in [-0.2, -0.15) is 0 Å². The molecule has 0 aromatic carbocycles. The summed E-state index contributed by atoms with van der Waals surface area (Å²) in [6, 6.07) is -4.71. The number of carboxylic acid groups (broad SMARTS) is 1. The fraction of sp³-hybridized carbons (Fsp3) is 0.737. The molecule has 6 unspecified atom stereocenters. The van der Waals surface area contributed by atoms with Crippen LogP contribution in [0.5, 0.6) is 0 Å². The Hall–Kier alpha value is -3.50. The predicted molar refractivity (Wildman–Crippen MR) is 214 cm³/mol. The number of rotatable bonds is 27. The lowest BCUT2D eigenvalue weighted by Crippen LogP contribution is -2.69. The van der Waals surface area contributed by atoms with Crippen molar-refractivity contribution in [2.45, 2.75) is 174 Å². The Morgan fingerprint density at radius 1 is 0.804 bits per heavy atom. The molecule has 1 heterocycles. The van der Waals surface area contributed by atoms with Gasteiger partial charge in [0.1, 0.15) is 11.6 Å². The second-order valence-electron chi connectivity index (χ2n) is 17.2. The molecule has 0 saturated heterocycles. The van der Waals surface area contributed by atoms with Gasteiger partial charge in [-0.15, -0.1) is 0 Å². The van der Waals surface area contributed by atoms with Crippen molar-refractivity contribution >= 4 is 49.9 Å². The van der Waals surface area contributed by atoms with Crippen molar-refractivity contribution in [3.05, 3.63) is 18.2 Å². The molecule has 0 spiro atoms. The number of nitrogens with one attached hydrogen (secondary N) is 5. The van der Waals surface area contributed by atoms with Crippen molar-refractivity contribution in [3.8, 4) is 0 Å². The minimum atomic E-state index is -2.76. The summed E-state index contributed by atoms with van der Waals surface area (Å²) >= 11 is 0. The second-order valence-corrected chi connectivity index (χ2v) is 17.9. The number of nitrogens with two attached hydrogens (primary N) is 2. The van der Waals surface area contributed by atoms with Crippen molar-refractivity contribution in [2.75, 3.05) is 0 Å². The number of amides is 2. The maximum Gasteiger partial charge on any atom is 0.303 e. The smallest absolute Gasteiger partial charge is 0.303 e. The Bertz CT molecular complexity index is 1560. The number of carbonyl (C=O) groups is 7. The lowest BCUT2D eigenvalue weighted by Gasteiger charge is -2.47. The molecule has 318 valence electrons. The lowest BCUT2D eigenvalue weighted by molar-refractivity contribution is -0.142. The third-order valence-corrected chi connectivity index (χ3v) is 10.9. The van der Waals surface area contributed by atoms with Crippen molar-refractivity contribution in [1.82, 2.24) is 31.2 Å². The van der Waals surface area contributed by atoms with Crippen LogP contribution >= 0.6 is 9.24 Å². The van der Waals surface area contributed by atoms with Gasteiger partial charge in [-0.1, -0.05) is 36.9 Å². The molecule has 1 rings (SSSR count). The highest BCUT2D eigenvalue weighted by Gasteiger charge is 2.54. The normalized spacial score (nSPS) is 16.0. The highest BCUT2D eigenvalue weighted by atomic mass is 31.0. The van der Waals surface area contributed by atoms with Gasteiger partial charge in [0.25, 0.3) is 0 Å². The molecule has 0 aliphatic heterocycles. The molecule has 18 heteroatoms. The molecule has 0 radical (unpaired) electrons. The highest BCUT2D eigenvalue weighted by Crippen LogP contribution is 2.37. The van der Waals surface area contributed by atoms with Crippen molar-refractivity contribution in [2.24, 2.45) is 16.9 Å². The molecule has 2 amide bonds. The van der Waals surface area contributed by atoms with E-state index in [2.05, 4.69) is 31.2 Å². The molecular formula is C38H66FN8O8P. The van der Waals surface area contributed by atoms with E-state index in [-0.39, 0.29) is 62.3 Å². The number of hydrogen-bond donors (Lipinski definition) is 8. The summed E-state index contributed by atoms with van der Waals surface area (Å²) in [5, 5.41) is 21.2. The first-order valence-electron chi connectivity index (χ1n) is 18.9. The Morgan fingerprint density at radius 3 is 1.79 bits per heavy atom. The standard InChI is InChI=1S/C38H66FN8O8P/c1-21(2)44-23(13-16-28(49)50)30(52)34(3,4)36(7,8)46-25(12-15-27(48)45-26(33(40)55)18-22-19-42-20-43-22)32(54)38(11,39)37(9,10)47-24(14-17-29(51)56)31(53)35(5,6)41/h19-21,23-26,44,46-47H,12-18,41,56H2,1-11H3,(H2,40,55)(H,42,43)(H,45,48)(H,49,50). The molecular weight excluding hydrogens is 746 g/mol. The predicted octanol–water partition coefficient (Wildman–Crippen LogP) is 1.79. The number of nitrogens with zero attached hydrogens (tertiary/aromatic N) is 1. The number of aromatic nitrogens is 2. The molecule has 0 saturated carbocycles. The van der Waals surface area contributed by atoms with E-state index >= 15 is 4.39 Å². The van der Waals surface area contributed by atoms with Crippen LogP contribution < -0.4 is 32.7 Å². The number of carbonyl (C=O) groups excluding carboxylic acids is 6. The average molecular weight is 813 g/mol. The maximum absolute atomic E-state index is 17.4. The van der Waals surface area contributed by atoms with Gasteiger partial charge in [0.05, 0.1) is 35.5 Å². The van der Waals surface area contributed by atoms with Crippen LogP contribution in [0.1, 0.15) is 120 Å². The third-order valence-electron chi connectivity index (χ3n) is 10.6. The zero-order chi connectivity index (χ0) is 43.6. The number of ketones is 3. The summed E-state index contributed by atoms with van der Waals surface area (Å²) < 4.78 is 17.4. The van der Waals surface area contributed by atoms with E-state index in [0.29, 0.717) is 5.69 Å². The summed E-state index contributed by atoms with van der Waals surface area (Å²) in [4.78, 5) is 97.7.